The van der Waals surface area contributed by atoms with Gasteiger partial charge in [0.2, 0.25) is 0 Å². The number of benzene rings is 4. The van der Waals surface area contributed by atoms with E-state index < -0.39 is 0 Å². The molecule has 0 saturated heterocycles. The van der Waals surface area contributed by atoms with E-state index in [-0.39, 0.29) is 37.3 Å². The topological polar surface area (TPSA) is 23.8 Å². The maximum absolute atomic E-state index is 7.75. The predicted molar refractivity (Wildman–Crippen MR) is 205 cm³/mol. The minimum Gasteiger partial charge on any atom is -0.675 e. The quantitative estimate of drug-likeness (QED) is 0.153. The van der Waals surface area contributed by atoms with Gasteiger partial charge in [0, 0.05) is 0 Å². The molecule has 1 unspecified atom stereocenters. The molecule has 1 saturated carbocycles. The molecule has 6 rings (SSSR count). The molecule has 2 aliphatic carbocycles. The summed E-state index contributed by atoms with van der Waals surface area (Å²) in [5, 5.41) is 2.90. The van der Waals surface area contributed by atoms with Crippen LogP contribution >= 0.6 is 0 Å². The van der Waals surface area contributed by atoms with Crippen LogP contribution in [-0.4, -0.2) is 15.6 Å². The third-order valence-electron chi connectivity index (χ3n) is 8.91. The average molecular weight is 675 g/mol. The summed E-state index contributed by atoms with van der Waals surface area (Å²) in [7, 11) is 0.271. The normalized spacial score (nSPS) is 16.7. The van der Waals surface area contributed by atoms with Crippen LogP contribution in [0.2, 0.25) is 0 Å². The molecule has 4 aromatic carbocycles. The Morgan fingerprint density at radius 3 is 1.17 bits per heavy atom. The number of allylic oxidation sites excluding steroid dienone is 4. The van der Waals surface area contributed by atoms with Gasteiger partial charge in [-0.25, -0.2) is 5.57 Å². The molecule has 0 aliphatic heterocycles. The second-order valence-electron chi connectivity index (χ2n) is 12.6. The first-order chi connectivity index (χ1) is 22.4. The zero-order valence-electron chi connectivity index (χ0n) is 29.4. The molecule has 0 heterocycles. The standard InChI is InChI=1S/C12H11Si.C12H10.C11H22N.C9H13.Ti/c1-3-7-11(8-4-1)13-12-9-5-2-6-10-12;1-3-7-11(8-4-1)12-9-5-2-6-10-12;12-11-9-7-5-3-1-2-4-6-8-10-11;1-6-5-7(2)9(4)8(6)3;/h1-10,13H;1-10H;11-12H,1-10H2;6H,1-4H3;/q;;2*-1;+2. The molecular weight excluding hydrogens is 618 g/mol. The molecule has 2 aliphatic rings. The summed E-state index contributed by atoms with van der Waals surface area (Å²) >= 11 is 0. The summed E-state index contributed by atoms with van der Waals surface area (Å²) in [6.07, 6.45) is 16.7. The van der Waals surface area contributed by atoms with Crippen molar-refractivity contribution in [2.45, 2.75) is 97.9 Å². The largest absolute Gasteiger partial charge is 2.00 e. The van der Waals surface area contributed by atoms with Crippen molar-refractivity contribution in [2.24, 2.45) is 5.92 Å². The van der Waals surface area contributed by atoms with Crippen molar-refractivity contribution >= 4 is 19.9 Å². The van der Waals surface area contributed by atoms with E-state index in [2.05, 4.69) is 143 Å². The molecule has 1 N–H and O–H groups in total. The first-order valence-electron chi connectivity index (χ1n) is 17.5. The Balaban J connectivity index is 0.000000218. The second-order valence-corrected chi connectivity index (χ2v) is 14.2. The van der Waals surface area contributed by atoms with E-state index in [4.69, 9.17) is 5.73 Å². The molecular formula is C44H56NSiTi. The first-order valence-corrected chi connectivity index (χ1v) is 18.6. The van der Waals surface area contributed by atoms with Gasteiger partial charge in [0.25, 0.3) is 0 Å². The summed E-state index contributed by atoms with van der Waals surface area (Å²) in [6.45, 7) is 8.67. The van der Waals surface area contributed by atoms with Gasteiger partial charge < -0.3 is 5.73 Å². The molecule has 1 fully saturated rings. The molecule has 0 spiro atoms. The Bertz CT molecular complexity index is 1310. The summed E-state index contributed by atoms with van der Waals surface area (Å²) in [6, 6.07) is 42.4. The van der Waals surface area contributed by atoms with Crippen LogP contribution in [0.3, 0.4) is 0 Å². The fourth-order valence-corrected chi connectivity index (χ4v) is 6.91. The van der Waals surface area contributed by atoms with Gasteiger partial charge in [-0.2, -0.15) is 11.1 Å². The molecule has 1 nitrogen and oxygen atoms in total. The van der Waals surface area contributed by atoms with Crippen molar-refractivity contribution in [3.05, 3.63) is 150 Å². The Morgan fingerprint density at radius 2 is 0.872 bits per heavy atom. The Hall–Kier alpha value is -2.75. The zero-order chi connectivity index (χ0) is 32.8. The van der Waals surface area contributed by atoms with E-state index >= 15 is 0 Å². The molecule has 0 amide bonds. The van der Waals surface area contributed by atoms with E-state index in [1.165, 1.54) is 89.6 Å². The number of rotatable bonds is 3. The molecule has 1 radical (unpaired) electrons. The summed E-state index contributed by atoms with van der Waals surface area (Å²) in [4.78, 5) is 0. The van der Waals surface area contributed by atoms with E-state index in [1.807, 2.05) is 12.1 Å². The molecule has 47 heavy (non-hydrogen) atoms. The molecule has 4 aromatic rings. The summed E-state index contributed by atoms with van der Waals surface area (Å²) in [5.74, 6) is 0.560. The third kappa shape index (κ3) is 16.8. The van der Waals surface area contributed by atoms with Crippen molar-refractivity contribution in [3.63, 3.8) is 0 Å². The van der Waals surface area contributed by atoms with Crippen molar-refractivity contribution in [3.8, 4) is 11.1 Å². The van der Waals surface area contributed by atoms with E-state index in [0.29, 0.717) is 5.92 Å². The van der Waals surface area contributed by atoms with E-state index in [1.54, 1.807) is 0 Å². The zero-order valence-corrected chi connectivity index (χ0v) is 32.1. The first kappa shape index (κ1) is 40.4. The second kappa shape index (κ2) is 24.4. The molecule has 0 aromatic heterocycles. The van der Waals surface area contributed by atoms with Crippen LogP contribution in [0.5, 0.6) is 0 Å². The fraction of sp³-hybridized carbons (Fsp3) is 0.364. The smallest absolute Gasteiger partial charge is 0.675 e. The minimum atomic E-state index is 0. The number of hydrogen-bond acceptors (Lipinski definition) is 0. The average Bonchev–Trinajstić information content (AvgIpc) is 3.29. The van der Waals surface area contributed by atoms with Gasteiger partial charge in [0.1, 0.15) is 9.52 Å². The number of hydrogen-bond donors (Lipinski definition) is 0. The Morgan fingerprint density at radius 1 is 0.532 bits per heavy atom. The maximum Gasteiger partial charge on any atom is 2.00 e. The van der Waals surface area contributed by atoms with Gasteiger partial charge in [-0.3, -0.25) is 6.08 Å². The van der Waals surface area contributed by atoms with Crippen LogP contribution in [0.15, 0.2) is 138 Å². The van der Waals surface area contributed by atoms with Gasteiger partial charge in [-0.15, -0.1) is 13.0 Å². The number of nitrogens with one attached hydrogen (secondary N) is 1. The third-order valence-corrected chi connectivity index (χ3v) is 10.3. The van der Waals surface area contributed by atoms with Gasteiger partial charge in [-0.1, -0.05) is 223 Å². The monoisotopic (exact) mass is 674 g/mol. The van der Waals surface area contributed by atoms with Gasteiger partial charge in [0.15, 0.2) is 0 Å². The van der Waals surface area contributed by atoms with Crippen LogP contribution in [0, 0.1) is 12.0 Å². The van der Waals surface area contributed by atoms with Crippen molar-refractivity contribution in [1.82, 2.24) is 0 Å². The van der Waals surface area contributed by atoms with Crippen LogP contribution in [0.25, 0.3) is 16.9 Å². The SMILES string of the molecule is CC1=[C-]C(C)C(C)=C1C.[NH-]C1CCCCCCCCCC1.[Ti+2].c1ccc(-c2ccccc2)cc1.c1ccc([SiH]c2ccccc2)cc1. The fourth-order valence-electron chi connectivity index (χ4n) is 5.70. The predicted octanol–water partition coefficient (Wildman–Crippen LogP) is 11.5. The maximum atomic E-state index is 7.75. The van der Waals surface area contributed by atoms with E-state index in [0.717, 1.165) is 12.8 Å². The van der Waals surface area contributed by atoms with Crippen LogP contribution in [-0.2, 0) is 21.7 Å². The summed E-state index contributed by atoms with van der Waals surface area (Å²) in [5.41, 5.74) is 14.5. The molecule has 0 bridgehead atoms. The van der Waals surface area contributed by atoms with Gasteiger partial charge in [-0.05, 0) is 11.1 Å². The Labute approximate surface area is 304 Å². The molecule has 245 valence electrons. The Kier molecular flexibility index (Phi) is 21.0. The molecule has 1 atom stereocenters. The van der Waals surface area contributed by atoms with Crippen LogP contribution in [0.4, 0.5) is 0 Å². The van der Waals surface area contributed by atoms with E-state index in [9.17, 15) is 0 Å². The minimum absolute atomic E-state index is 0. The van der Waals surface area contributed by atoms with Crippen molar-refractivity contribution in [1.29, 1.82) is 0 Å². The van der Waals surface area contributed by atoms with Crippen molar-refractivity contribution in [2.75, 3.05) is 0 Å². The van der Waals surface area contributed by atoms with Crippen LogP contribution in [0.1, 0.15) is 91.9 Å². The molecule has 3 heteroatoms. The van der Waals surface area contributed by atoms with Gasteiger partial charge in [0.05, 0.1) is 0 Å². The van der Waals surface area contributed by atoms with Gasteiger partial charge >= 0.3 is 21.7 Å². The van der Waals surface area contributed by atoms with Crippen molar-refractivity contribution < 1.29 is 21.7 Å². The van der Waals surface area contributed by atoms with Crippen LogP contribution < -0.4 is 10.4 Å². The summed E-state index contributed by atoms with van der Waals surface area (Å²) < 4.78 is 0.